The molecule has 0 aliphatic carbocycles. The van der Waals surface area contributed by atoms with Gasteiger partial charge in [0.2, 0.25) is 5.91 Å². The first kappa shape index (κ1) is 17.9. The number of nitro benzene ring substituents is 1. The molecule has 0 radical (unpaired) electrons. The number of nitro groups is 1. The maximum absolute atomic E-state index is 12.7. The zero-order valence-electron chi connectivity index (χ0n) is 13.8. The Morgan fingerprint density at radius 1 is 1.38 bits per heavy atom. The molecule has 1 heterocycles. The highest BCUT2D eigenvalue weighted by Crippen LogP contribution is 2.23. The van der Waals surface area contributed by atoms with Crippen molar-refractivity contribution in [2.75, 3.05) is 25.5 Å². The van der Waals surface area contributed by atoms with E-state index in [1.54, 1.807) is 13.0 Å². The molecule has 0 saturated carbocycles. The summed E-state index contributed by atoms with van der Waals surface area (Å²) < 4.78 is 4.68. The highest BCUT2D eigenvalue weighted by atomic mass is 16.6. The lowest BCUT2D eigenvalue weighted by Gasteiger charge is -2.25. The predicted octanol–water partition coefficient (Wildman–Crippen LogP) is 1.87. The Morgan fingerprint density at radius 2 is 2.04 bits per heavy atom. The summed E-state index contributed by atoms with van der Waals surface area (Å²) in [5, 5.41) is 13.6. The van der Waals surface area contributed by atoms with Crippen LogP contribution in [-0.2, 0) is 14.3 Å². The third kappa shape index (κ3) is 4.29. The first-order valence-electron chi connectivity index (χ1n) is 7.79. The third-order valence-electron chi connectivity index (χ3n) is 4.16. The first-order valence-corrected chi connectivity index (χ1v) is 7.79. The lowest BCUT2D eigenvalue weighted by Crippen LogP contribution is -2.44. The molecular formula is C16H21N3O5. The lowest BCUT2D eigenvalue weighted by atomic mass is 10.1. The Morgan fingerprint density at radius 3 is 2.62 bits per heavy atom. The molecule has 24 heavy (non-hydrogen) atoms. The van der Waals surface area contributed by atoms with E-state index in [0.29, 0.717) is 11.3 Å². The van der Waals surface area contributed by atoms with E-state index in [2.05, 4.69) is 10.1 Å². The fraction of sp³-hybridized carbons (Fsp3) is 0.500. The summed E-state index contributed by atoms with van der Waals surface area (Å²) in [6.07, 6.45) is 1.90. The Bertz CT molecular complexity index is 641. The number of carbonyl (C=O) groups is 2. The van der Waals surface area contributed by atoms with E-state index in [1.807, 2.05) is 4.90 Å². The van der Waals surface area contributed by atoms with Gasteiger partial charge in [0.25, 0.3) is 5.69 Å². The number of methoxy groups -OCH3 is 1. The van der Waals surface area contributed by atoms with Crippen LogP contribution in [0, 0.1) is 17.0 Å². The summed E-state index contributed by atoms with van der Waals surface area (Å²) >= 11 is 0. The van der Waals surface area contributed by atoms with Crippen molar-refractivity contribution in [1.82, 2.24) is 4.90 Å². The zero-order chi connectivity index (χ0) is 17.7. The molecule has 1 aliphatic heterocycles. The lowest BCUT2D eigenvalue weighted by molar-refractivity contribution is -0.384. The number of esters is 1. The molecule has 8 heteroatoms. The second-order valence-corrected chi connectivity index (χ2v) is 5.78. The molecule has 2 rings (SSSR count). The summed E-state index contributed by atoms with van der Waals surface area (Å²) in [5.41, 5.74) is 0.997. The Labute approximate surface area is 139 Å². The van der Waals surface area contributed by atoms with E-state index >= 15 is 0 Å². The average Bonchev–Trinajstić information content (AvgIpc) is 3.08. The number of hydrogen-bond acceptors (Lipinski definition) is 6. The molecule has 1 saturated heterocycles. The Balaban J connectivity index is 2.18. The van der Waals surface area contributed by atoms with Crippen molar-refractivity contribution in [3.63, 3.8) is 0 Å². The summed E-state index contributed by atoms with van der Waals surface area (Å²) in [7, 11) is 1.28. The number of hydrogen-bond donors (Lipinski definition) is 1. The maximum Gasteiger partial charge on any atom is 0.307 e. The van der Waals surface area contributed by atoms with Crippen molar-refractivity contribution in [2.45, 2.75) is 32.2 Å². The number of ether oxygens (including phenoxy) is 1. The van der Waals surface area contributed by atoms with Crippen LogP contribution in [-0.4, -0.2) is 47.9 Å². The molecule has 1 amide bonds. The van der Waals surface area contributed by atoms with E-state index in [9.17, 15) is 19.7 Å². The summed E-state index contributed by atoms with van der Waals surface area (Å²) in [6.45, 7) is 3.23. The number of nitrogens with one attached hydrogen (secondary N) is 1. The first-order chi connectivity index (χ1) is 11.4. The minimum absolute atomic E-state index is 0.0453. The molecule has 1 unspecified atom stereocenters. The Kier molecular flexibility index (Phi) is 5.86. The predicted molar refractivity (Wildman–Crippen MR) is 87.7 cm³/mol. The quantitative estimate of drug-likeness (QED) is 0.484. The van der Waals surface area contributed by atoms with E-state index in [4.69, 9.17) is 0 Å². The van der Waals surface area contributed by atoms with E-state index in [1.165, 1.54) is 19.2 Å². The average molecular weight is 335 g/mol. The standard InChI is InChI=1S/C16H21N3O5/c1-11-5-6-12(19(22)23)9-13(11)17-16(21)14(10-15(20)24-2)18-7-3-4-8-18/h5-6,9,14H,3-4,7-8,10H2,1-2H3,(H,17,21). The number of likely N-dealkylation sites (tertiary alicyclic amines) is 1. The van der Waals surface area contributed by atoms with Gasteiger partial charge in [0, 0.05) is 12.1 Å². The van der Waals surface area contributed by atoms with Gasteiger partial charge in [-0.2, -0.15) is 0 Å². The number of anilines is 1. The molecular weight excluding hydrogens is 314 g/mol. The Hall–Kier alpha value is -2.48. The molecule has 0 aromatic heterocycles. The number of carbonyl (C=O) groups excluding carboxylic acids is 2. The van der Waals surface area contributed by atoms with Gasteiger partial charge in [0.15, 0.2) is 0 Å². The van der Waals surface area contributed by atoms with Gasteiger partial charge >= 0.3 is 5.97 Å². The van der Waals surface area contributed by atoms with Crippen LogP contribution in [0.4, 0.5) is 11.4 Å². The van der Waals surface area contributed by atoms with Gasteiger partial charge in [0.1, 0.15) is 6.04 Å². The van der Waals surface area contributed by atoms with E-state index < -0.39 is 16.9 Å². The molecule has 1 N–H and O–H groups in total. The smallest absolute Gasteiger partial charge is 0.307 e. The second kappa shape index (κ2) is 7.87. The number of nitrogens with zero attached hydrogens (tertiary/aromatic N) is 2. The van der Waals surface area contributed by atoms with Gasteiger partial charge in [-0.15, -0.1) is 0 Å². The maximum atomic E-state index is 12.7. The molecule has 1 atom stereocenters. The van der Waals surface area contributed by atoms with Crippen LogP contribution in [0.5, 0.6) is 0 Å². The van der Waals surface area contributed by atoms with Gasteiger partial charge in [0.05, 0.1) is 24.1 Å². The van der Waals surface area contributed by atoms with Crippen molar-refractivity contribution in [2.24, 2.45) is 0 Å². The molecule has 130 valence electrons. The molecule has 8 nitrogen and oxygen atoms in total. The van der Waals surface area contributed by atoms with Crippen LogP contribution in [0.3, 0.4) is 0 Å². The van der Waals surface area contributed by atoms with Crippen LogP contribution < -0.4 is 5.32 Å². The largest absolute Gasteiger partial charge is 0.469 e. The minimum Gasteiger partial charge on any atom is -0.469 e. The van der Waals surface area contributed by atoms with Gasteiger partial charge in [-0.1, -0.05) is 6.07 Å². The summed E-state index contributed by atoms with van der Waals surface area (Å²) in [5.74, 6) is -0.816. The van der Waals surface area contributed by atoms with Crippen molar-refractivity contribution < 1.29 is 19.2 Å². The van der Waals surface area contributed by atoms with Crippen LogP contribution in [0.25, 0.3) is 0 Å². The molecule has 1 fully saturated rings. The zero-order valence-corrected chi connectivity index (χ0v) is 13.8. The second-order valence-electron chi connectivity index (χ2n) is 5.78. The summed E-state index contributed by atoms with van der Waals surface area (Å²) in [4.78, 5) is 36.6. The fourth-order valence-corrected chi connectivity index (χ4v) is 2.76. The van der Waals surface area contributed by atoms with Gasteiger partial charge in [-0.25, -0.2) is 0 Å². The van der Waals surface area contributed by atoms with Gasteiger partial charge in [-0.05, 0) is 38.4 Å². The normalized spacial score (nSPS) is 15.8. The molecule has 0 spiro atoms. The molecule has 1 aromatic rings. The fourth-order valence-electron chi connectivity index (χ4n) is 2.76. The number of rotatable bonds is 6. The van der Waals surface area contributed by atoms with E-state index in [-0.39, 0.29) is 18.0 Å². The van der Waals surface area contributed by atoms with Gasteiger partial charge < -0.3 is 10.1 Å². The SMILES string of the molecule is COC(=O)CC(C(=O)Nc1cc([N+](=O)[O-])ccc1C)N1CCCC1. The number of amides is 1. The third-order valence-corrected chi connectivity index (χ3v) is 4.16. The molecule has 0 bridgehead atoms. The minimum atomic E-state index is -0.640. The van der Waals surface area contributed by atoms with Gasteiger partial charge in [-0.3, -0.25) is 24.6 Å². The summed E-state index contributed by atoms with van der Waals surface area (Å²) in [6, 6.07) is 3.65. The van der Waals surface area contributed by atoms with E-state index in [0.717, 1.165) is 25.9 Å². The molecule has 1 aromatic carbocycles. The number of benzene rings is 1. The number of aryl methyl sites for hydroxylation is 1. The van der Waals surface area contributed by atoms with Crippen LogP contribution in [0.2, 0.25) is 0 Å². The van der Waals surface area contributed by atoms with Crippen LogP contribution >= 0.6 is 0 Å². The van der Waals surface area contributed by atoms with Crippen LogP contribution in [0.1, 0.15) is 24.8 Å². The van der Waals surface area contributed by atoms with Crippen molar-refractivity contribution in [1.29, 1.82) is 0 Å². The van der Waals surface area contributed by atoms with Crippen molar-refractivity contribution >= 4 is 23.3 Å². The highest BCUT2D eigenvalue weighted by Gasteiger charge is 2.31. The van der Waals surface area contributed by atoms with Crippen molar-refractivity contribution in [3.8, 4) is 0 Å². The molecule has 1 aliphatic rings. The number of non-ortho nitro benzene ring substituents is 1. The van der Waals surface area contributed by atoms with Crippen LogP contribution in [0.15, 0.2) is 18.2 Å². The highest BCUT2D eigenvalue weighted by molar-refractivity contribution is 5.97. The van der Waals surface area contributed by atoms with Crippen molar-refractivity contribution in [3.05, 3.63) is 33.9 Å². The topological polar surface area (TPSA) is 102 Å². The monoisotopic (exact) mass is 335 g/mol.